The molecule has 0 bridgehead atoms. The number of hydrogen-bond acceptors (Lipinski definition) is 4. The number of benzene rings is 2. The Bertz CT molecular complexity index is 834. The zero-order chi connectivity index (χ0) is 19.3. The Morgan fingerprint density at radius 2 is 1.07 bits per heavy atom. The van der Waals surface area contributed by atoms with Crippen LogP contribution in [0, 0.1) is 0 Å². The Labute approximate surface area is 157 Å². The molecule has 1 heterocycles. The fourth-order valence-electron chi connectivity index (χ4n) is 2.85. The molecule has 0 aliphatic carbocycles. The van der Waals surface area contributed by atoms with Crippen molar-refractivity contribution in [1.29, 1.82) is 0 Å². The molecule has 4 amide bonds. The van der Waals surface area contributed by atoms with Crippen molar-refractivity contribution in [3.05, 3.63) is 60.7 Å². The van der Waals surface area contributed by atoms with Gasteiger partial charge >= 0.3 is 12.1 Å². The molecule has 1 saturated heterocycles. The van der Waals surface area contributed by atoms with E-state index in [-0.39, 0.29) is 11.5 Å². The number of hydrogen-bond donors (Lipinski definition) is 4. The molecule has 2 atom stereocenters. The summed E-state index contributed by atoms with van der Waals surface area (Å²) in [6.45, 7) is 0. The van der Waals surface area contributed by atoms with E-state index in [4.69, 9.17) is 0 Å². The highest BCUT2D eigenvalue weighted by atomic mass is 32.2. The second kappa shape index (κ2) is 8.09. The molecule has 0 unspecified atom stereocenters. The van der Waals surface area contributed by atoms with Crippen molar-refractivity contribution in [2.75, 3.05) is 22.1 Å². The molecular formula is C18H20N4O4S. The lowest BCUT2D eigenvalue weighted by Gasteiger charge is -2.21. The summed E-state index contributed by atoms with van der Waals surface area (Å²) >= 11 is 0. The van der Waals surface area contributed by atoms with Gasteiger partial charge in [-0.15, -0.1) is 0 Å². The molecule has 1 fully saturated rings. The molecule has 1 aliphatic rings. The third kappa shape index (κ3) is 5.45. The van der Waals surface area contributed by atoms with Gasteiger partial charge in [0.2, 0.25) is 0 Å². The number of anilines is 2. The number of para-hydroxylation sites is 2. The first-order valence-electron chi connectivity index (χ1n) is 8.37. The van der Waals surface area contributed by atoms with Crippen LogP contribution in [0.15, 0.2) is 60.7 Å². The van der Waals surface area contributed by atoms with Gasteiger partial charge < -0.3 is 21.3 Å². The molecule has 142 valence electrons. The summed E-state index contributed by atoms with van der Waals surface area (Å²) in [7, 11) is -3.37. The van der Waals surface area contributed by atoms with Crippen LogP contribution in [-0.4, -0.2) is 44.1 Å². The number of urea groups is 2. The number of amides is 4. The molecule has 4 N–H and O–H groups in total. The summed E-state index contributed by atoms with van der Waals surface area (Å²) in [5.41, 5.74) is 1.17. The first-order valence-corrected chi connectivity index (χ1v) is 10.2. The third-order valence-corrected chi connectivity index (χ3v) is 5.78. The minimum atomic E-state index is -3.37. The van der Waals surface area contributed by atoms with Gasteiger partial charge in [0, 0.05) is 11.4 Å². The zero-order valence-electron chi connectivity index (χ0n) is 14.4. The molecule has 3 rings (SSSR count). The molecule has 0 saturated carbocycles. The third-order valence-electron chi connectivity index (χ3n) is 4.05. The van der Waals surface area contributed by atoms with Gasteiger partial charge in [-0.3, -0.25) is 0 Å². The maximum atomic E-state index is 12.2. The van der Waals surface area contributed by atoms with Crippen LogP contribution in [0.1, 0.15) is 0 Å². The molecule has 0 aromatic heterocycles. The SMILES string of the molecule is O=C(Nc1ccccc1)N[C@H]1CS(=O)(=O)C[C@H]1NC(=O)Nc1ccccc1. The molecular weight excluding hydrogens is 368 g/mol. The molecule has 9 heteroatoms. The lowest BCUT2D eigenvalue weighted by molar-refractivity contribution is 0.240. The Morgan fingerprint density at radius 1 is 0.704 bits per heavy atom. The average molecular weight is 388 g/mol. The van der Waals surface area contributed by atoms with Crippen LogP contribution in [0.2, 0.25) is 0 Å². The lowest BCUT2D eigenvalue weighted by Crippen LogP contribution is -2.52. The summed E-state index contributed by atoms with van der Waals surface area (Å²) < 4.78 is 24.0. The molecule has 1 aliphatic heterocycles. The summed E-state index contributed by atoms with van der Waals surface area (Å²) in [5, 5.41) is 10.5. The second-order valence-electron chi connectivity index (χ2n) is 6.22. The maximum absolute atomic E-state index is 12.2. The number of carbonyl (C=O) groups is 2. The van der Waals surface area contributed by atoms with Gasteiger partial charge in [-0.1, -0.05) is 36.4 Å². The van der Waals surface area contributed by atoms with E-state index in [0.29, 0.717) is 11.4 Å². The van der Waals surface area contributed by atoms with Crippen LogP contribution in [0.3, 0.4) is 0 Å². The highest BCUT2D eigenvalue weighted by Gasteiger charge is 2.39. The van der Waals surface area contributed by atoms with Gasteiger partial charge in [0.1, 0.15) is 0 Å². The largest absolute Gasteiger partial charge is 0.332 e. The normalized spacial score (nSPS) is 20.4. The van der Waals surface area contributed by atoms with Gasteiger partial charge in [-0.05, 0) is 24.3 Å². The predicted molar refractivity (Wildman–Crippen MR) is 103 cm³/mol. The smallest absolute Gasteiger partial charge is 0.319 e. The van der Waals surface area contributed by atoms with E-state index in [9.17, 15) is 18.0 Å². The molecule has 2 aromatic rings. The number of rotatable bonds is 4. The van der Waals surface area contributed by atoms with Gasteiger partial charge in [0.25, 0.3) is 0 Å². The molecule has 2 aromatic carbocycles. The monoisotopic (exact) mass is 388 g/mol. The van der Waals surface area contributed by atoms with E-state index in [1.165, 1.54) is 0 Å². The predicted octanol–water partition coefficient (Wildman–Crippen LogP) is 1.80. The number of nitrogens with one attached hydrogen (secondary N) is 4. The van der Waals surface area contributed by atoms with Crippen LogP contribution >= 0.6 is 0 Å². The van der Waals surface area contributed by atoms with Crippen molar-refractivity contribution in [2.24, 2.45) is 0 Å². The van der Waals surface area contributed by atoms with E-state index >= 15 is 0 Å². The van der Waals surface area contributed by atoms with E-state index in [0.717, 1.165) is 0 Å². The van der Waals surface area contributed by atoms with Gasteiger partial charge in [-0.2, -0.15) is 0 Å². The minimum Gasteiger partial charge on any atom is -0.332 e. The van der Waals surface area contributed by atoms with Crippen molar-refractivity contribution in [1.82, 2.24) is 10.6 Å². The Kier molecular flexibility index (Phi) is 5.60. The van der Waals surface area contributed by atoms with Crippen LogP contribution in [0.25, 0.3) is 0 Å². The summed E-state index contributed by atoms with van der Waals surface area (Å²) in [4.78, 5) is 24.3. The standard InChI is InChI=1S/C18H20N4O4S/c23-17(19-13-7-3-1-4-8-13)21-15-11-27(25,26)12-16(15)22-18(24)20-14-9-5-2-6-10-14/h1-10,15-16H,11-12H2,(H2,19,21,23)(H2,20,22,24)/t15-,16+. The van der Waals surface area contributed by atoms with Crippen LogP contribution < -0.4 is 21.3 Å². The van der Waals surface area contributed by atoms with E-state index in [1.54, 1.807) is 48.5 Å². The van der Waals surface area contributed by atoms with Crippen LogP contribution in [0.5, 0.6) is 0 Å². The fourth-order valence-corrected chi connectivity index (χ4v) is 4.71. The van der Waals surface area contributed by atoms with Crippen molar-refractivity contribution >= 4 is 33.3 Å². The second-order valence-corrected chi connectivity index (χ2v) is 8.37. The Balaban J connectivity index is 1.60. The Hall–Kier alpha value is -3.07. The fraction of sp³-hybridized carbons (Fsp3) is 0.222. The first-order chi connectivity index (χ1) is 12.9. The van der Waals surface area contributed by atoms with Gasteiger partial charge in [-0.25, -0.2) is 18.0 Å². The van der Waals surface area contributed by atoms with Crippen molar-refractivity contribution in [3.63, 3.8) is 0 Å². The molecule has 8 nitrogen and oxygen atoms in total. The van der Waals surface area contributed by atoms with E-state index in [1.807, 2.05) is 12.1 Å². The average Bonchev–Trinajstić information content (AvgIpc) is 2.89. The van der Waals surface area contributed by atoms with Crippen molar-refractivity contribution in [2.45, 2.75) is 12.1 Å². The number of sulfone groups is 1. The molecule has 0 radical (unpaired) electrons. The number of carbonyl (C=O) groups excluding carboxylic acids is 2. The highest BCUT2D eigenvalue weighted by molar-refractivity contribution is 7.91. The van der Waals surface area contributed by atoms with E-state index in [2.05, 4.69) is 21.3 Å². The first kappa shape index (κ1) is 18.7. The van der Waals surface area contributed by atoms with Crippen LogP contribution in [-0.2, 0) is 9.84 Å². The minimum absolute atomic E-state index is 0.231. The molecule has 0 spiro atoms. The maximum Gasteiger partial charge on any atom is 0.319 e. The van der Waals surface area contributed by atoms with Gasteiger partial charge in [0.15, 0.2) is 9.84 Å². The zero-order valence-corrected chi connectivity index (χ0v) is 15.2. The van der Waals surface area contributed by atoms with Gasteiger partial charge in [0.05, 0.1) is 23.6 Å². The summed E-state index contributed by atoms with van der Waals surface area (Å²) in [6, 6.07) is 15.1. The topological polar surface area (TPSA) is 116 Å². The summed E-state index contributed by atoms with van der Waals surface area (Å²) in [5.74, 6) is -0.461. The van der Waals surface area contributed by atoms with E-state index < -0.39 is 34.0 Å². The molecule has 27 heavy (non-hydrogen) atoms. The van der Waals surface area contributed by atoms with Crippen LogP contribution in [0.4, 0.5) is 21.0 Å². The lowest BCUT2D eigenvalue weighted by atomic mass is 10.2. The van der Waals surface area contributed by atoms with Crippen molar-refractivity contribution < 1.29 is 18.0 Å². The highest BCUT2D eigenvalue weighted by Crippen LogP contribution is 2.14. The van der Waals surface area contributed by atoms with Crippen molar-refractivity contribution in [3.8, 4) is 0 Å². The summed E-state index contributed by atoms with van der Waals surface area (Å²) in [6.07, 6.45) is 0. The Morgan fingerprint density at radius 3 is 1.44 bits per heavy atom. The quantitative estimate of drug-likeness (QED) is 0.639.